The summed E-state index contributed by atoms with van der Waals surface area (Å²) in [6.07, 6.45) is 2.28. The minimum absolute atomic E-state index is 0.472. The van der Waals surface area contributed by atoms with Gasteiger partial charge in [-0.3, -0.25) is 0 Å². The minimum Gasteiger partial charge on any atom is -0.236 e. The predicted molar refractivity (Wildman–Crippen MR) is 67.7 cm³/mol. The van der Waals surface area contributed by atoms with Gasteiger partial charge in [0, 0.05) is 0 Å². The van der Waals surface area contributed by atoms with Crippen molar-refractivity contribution in [2.24, 2.45) is 0 Å². The average Bonchev–Trinajstić information content (AvgIpc) is 2.75. The highest BCUT2D eigenvalue weighted by atomic mass is 35.5. The van der Waals surface area contributed by atoms with E-state index in [1.54, 1.807) is 23.0 Å². The summed E-state index contributed by atoms with van der Waals surface area (Å²) in [6, 6.07) is 7.39. The van der Waals surface area contributed by atoms with Crippen LogP contribution in [0.2, 0.25) is 10.0 Å². The molecule has 0 fully saturated rings. The second-order valence-corrected chi connectivity index (χ2v) is 4.29. The Morgan fingerprint density at radius 1 is 1.35 bits per heavy atom. The van der Waals surface area contributed by atoms with Gasteiger partial charge in [0.25, 0.3) is 0 Å². The van der Waals surface area contributed by atoms with Gasteiger partial charge in [-0.1, -0.05) is 30.1 Å². The number of benzene rings is 1. The fourth-order valence-corrected chi connectivity index (χ4v) is 1.94. The van der Waals surface area contributed by atoms with Crippen LogP contribution in [0.4, 0.5) is 0 Å². The van der Waals surface area contributed by atoms with E-state index >= 15 is 0 Å². The summed E-state index contributed by atoms with van der Waals surface area (Å²) in [4.78, 5) is 0. The van der Waals surface area contributed by atoms with Crippen LogP contribution in [-0.2, 0) is 6.42 Å². The molecule has 0 saturated heterocycles. The first-order valence-corrected chi connectivity index (χ1v) is 5.85. The summed E-state index contributed by atoms with van der Waals surface area (Å²) in [6.45, 7) is 1.98. The molecule has 17 heavy (non-hydrogen) atoms. The van der Waals surface area contributed by atoms with Crippen LogP contribution in [0, 0.1) is 11.3 Å². The first-order chi connectivity index (χ1) is 8.17. The average molecular weight is 266 g/mol. The van der Waals surface area contributed by atoms with E-state index in [2.05, 4.69) is 11.2 Å². The molecule has 0 radical (unpaired) electrons. The number of hydrogen-bond acceptors (Lipinski definition) is 2. The molecule has 3 nitrogen and oxygen atoms in total. The lowest BCUT2D eigenvalue weighted by Crippen LogP contribution is -2.02. The molecule has 1 aromatic heterocycles. The minimum atomic E-state index is 0.472. The molecule has 0 spiro atoms. The van der Waals surface area contributed by atoms with Crippen molar-refractivity contribution in [3.8, 4) is 11.8 Å². The van der Waals surface area contributed by atoms with Crippen LogP contribution in [-0.4, -0.2) is 9.78 Å². The van der Waals surface area contributed by atoms with Crippen molar-refractivity contribution in [3.63, 3.8) is 0 Å². The van der Waals surface area contributed by atoms with Gasteiger partial charge >= 0.3 is 0 Å². The third-order valence-corrected chi connectivity index (χ3v) is 3.21. The zero-order chi connectivity index (χ0) is 12.4. The Morgan fingerprint density at radius 3 is 2.71 bits per heavy atom. The molecular weight excluding hydrogens is 257 g/mol. The monoisotopic (exact) mass is 265 g/mol. The lowest BCUT2D eigenvalue weighted by atomic mass is 10.2. The van der Waals surface area contributed by atoms with Gasteiger partial charge in [-0.05, 0) is 24.6 Å². The van der Waals surface area contributed by atoms with Crippen molar-refractivity contribution in [2.75, 3.05) is 0 Å². The third kappa shape index (κ3) is 2.14. The molecule has 0 aliphatic rings. The molecule has 5 heteroatoms. The second kappa shape index (κ2) is 4.79. The van der Waals surface area contributed by atoms with Gasteiger partial charge in [0.05, 0.1) is 33.2 Å². The highest BCUT2D eigenvalue weighted by Crippen LogP contribution is 2.25. The van der Waals surface area contributed by atoms with E-state index in [1.165, 1.54) is 0 Å². The molecule has 1 heterocycles. The van der Waals surface area contributed by atoms with E-state index in [9.17, 15) is 0 Å². The molecule has 0 aliphatic heterocycles. The molecule has 0 unspecified atom stereocenters. The second-order valence-electron chi connectivity index (χ2n) is 3.48. The van der Waals surface area contributed by atoms with E-state index in [4.69, 9.17) is 28.5 Å². The van der Waals surface area contributed by atoms with Crippen LogP contribution in [0.5, 0.6) is 0 Å². The number of nitriles is 1. The van der Waals surface area contributed by atoms with Crippen molar-refractivity contribution in [3.05, 3.63) is 45.7 Å². The number of aromatic nitrogens is 2. The molecule has 0 N–H and O–H groups in total. The maximum Gasteiger partial charge on any atom is 0.103 e. The largest absolute Gasteiger partial charge is 0.236 e. The van der Waals surface area contributed by atoms with Crippen LogP contribution >= 0.6 is 23.2 Å². The van der Waals surface area contributed by atoms with Crippen molar-refractivity contribution in [1.29, 1.82) is 5.26 Å². The molecule has 0 bridgehead atoms. The highest BCUT2D eigenvalue weighted by molar-refractivity contribution is 6.42. The lowest BCUT2D eigenvalue weighted by molar-refractivity contribution is 0.813. The lowest BCUT2D eigenvalue weighted by Gasteiger charge is -2.07. The normalized spacial score (nSPS) is 10.2. The first-order valence-electron chi connectivity index (χ1n) is 5.09. The topological polar surface area (TPSA) is 41.6 Å². The van der Waals surface area contributed by atoms with Gasteiger partial charge in [0.2, 0.25) is 0 Å². The van der Waals surface area contributed by atoms with Gasteiger partial charge in [0.1, 0.15) is 6.07 Å². The third-order valence-electron chi connectivity index (χ3n) is 2.47. The van der Waals surface area contributed by atoms with Crippen molar-refractivity contribution >= 4 is 23.2 Å². The molecule has 0 saturated carbocycles. The number of rotatable bonds is 2. The number of halogens is 2. The van der Waals surface area contributed by atoms with E-state index in [0.717, 1.165) is 17.8 Å². The summed E-state index contributed by atoms with van der Waals surface area (Å²) in [7, 11) is 0. The van der Waals surface area contributed by atoms with E-state index < -0.39 is 0 Å². The molecule has 1 aromatic carbocycles. The Morgan fingerprint density at radius 2 is 2.12 bits per heavy atom. The van der Waals surface area contributed by atoms with E-state index in [1.807, 2.05) is 13.0 Å². The number of hydrogen-bond donors (Lipinski definition) is 0. The maximum absolute atomic E-state index is 8.96. The fraction of sp³-hybridized carbons (Fsp3) is 0.167. The van der Waals surface area contributed by atoms with Crippen LogP contribution in [0.25, 0.3) is 5.69 Å². The van der Waals surface area contributed by atoms with Gasteiger partial charge in [-0.25, -0.2) is 4.68 Å². The van der Waals surface area contributed by atoms with E-state index in [-0.39, 0.29) is 0 Å². The zero-order valence-electron chi connectivity index (χ0n) is 9.11. The summed E-state index contributed by atoms with van der Waals surface area (Å²) in [5, 5.41) is 14.1. The molecule has 86 valence electrons. The van der Waals surface area contributed by atoms with Gasteiger partial charge in [-0.2, -0.15) is 10.4 Å². The Balaban J connectivity index is 2.57. The Kier molecular flexibility index (Phi) is 3.37. The SMILES string of the molecule is CCc1c(C#N)cnn1-c1ccc(Cl)c(Cl)c1. The number of nitrogens with zero attached hydrogens (tertiary/aromatic N) is 3. The Bertz CT molecular complexity index is 596. The summed E-state index contributed by atoms with van der Waals surface area (Å²) in [5.41, 5.74) is 2.25. The summed E-state index contributed by atoms with van der Waals surface area (Å²) < 4.78 is 1.71. The fourth-order valence-electron chi connectivity index (χ4n) is 1.65. The van der Waals surface area contributed by atoms with Gasteiger partial charge in [-0.15, -0.1) is 0 Å². The van der Waals surface area contributed by atoms with Crippen LogP contribution in [0.1, 0.15) is 18.2 Å². The predicted octanol–water partition coefficient (Wildman–Crippen LogP) is 3.61. The van der Waals surface area contributed by atoms with Crippen molar-refractivity contribution in [2.45, 2.75) is 13.3 Å². The molecular formula is C12H9Cl2N3. The molecule has 2 aromatic rings. The van der Waals surface area contributed by atoms with Crippen molar-refractivity contribution in [1.82, 2.24) is 9.78 Å². The molecule has 0 atom stereocenters. The van der Waals surface area contributed by atoms with Crippen molar-refractivity contribution < 1.29 is 0 Å². The summed E-state index contributed by atoms with van der Waals surface area (Å²) in [5.74, 6) is 0. The van der Waals surface area contributed by atoms with E-state index in [0.29, 0.717) is 15.6 Å². The first kappa shape index (κ1) is 12.0. The molecule has 2 rings (SSSR count). The smallest absolute Gasteiger partial charge is 0.103 e. The standard InChI is InChI=1S/C12H9Cl2N3/c1-2-12-8(6-15)7-16-17(12)9-3-4-10(13)11(14)5-9/h3-5,7H,2H2,1H3. The maximum atomic E-state index is 8.96. The molecule has 0 amide bonds. The van der Waals surface area contributed by atoms with Crippen LogP contribution in [0.15, 0.2) is 24.4 Å². The Labute approximate surface area is 109 Å². The van der Waals surface area contributed by atoms with Gasteiger partial charge < -0.3 is 0 Å². The van der Waals surface area contributed by atoms with Crippen LogP contribution < -0.4 is 0 Å². The Hall–Kier alpha value is -1.50. The zero-order valence-corrected chi connectivity index (χ0v) is 10.6. The summed E-state index contributed by atoms with van der Waals surface area (Å²) >= 11 is 11.8. The quantitative estimate of drug-likeness (QED) is 0.833. The van der Waals surface area contributed by atoms with Gasteiger partial charge in [0.15, 0.2) is 0 Å². The molecule has 0 aliphatic carbocycles. The van der Waals surface area contributed by atoms with Crippen LogP contribution in [0.3, 0.4) is 0 Å². The highest BCUT2D eigenvalue weighted by Gasteiger charge is 2.11.